The molecule has 1 aliphatic rings. The van der Waals surface area contributed by atoms with E-state index in [-0.39, 0.29) is 12.1 Å². The Morgan fingerprint density at radius 3 is 1.61 bits per heavy atom. The standard InChI is InChI=1S/C14H22N2O2/c1-3-13(15-9-17)11-7-5-6-8-12(11)14(4-2)16-10-18/h11-14H,3-8H2,1-2H3. The molecule has 0 saturated heterocycles. The highest BCUT2D eigenvalue weighted by Crippen LogP contribution is 2.38. The van der Waals surface area contributed by atoms with Gasteiger partial charge in [-0.2, -0.15) is 0 Å². The van der Waals surface area contributed by atoms with E-state index in [0.29, 0.717) is 11.8 Å². The van der Waals surface area contributed by atoms with E-state index in [0.717, 1.165) is 25.7 Å². The number of nitrogens with zero attached hydrogens (tertiary/aromatic N) is 2. The van der Waals surface area contributed by atoms with Crippen molar-refractivity contribution in [2.24, 2.45) is 21.8 Å². The van der Waals surface area contributed by atoms with Crippen LogP contribution in [-0.4, -0.2) is 24.2 Å². The summed E-state index contributed by atoms with van der Waals surface area (Å²) in [6.07, 6.45) is 9.56. The zero-order valence-electron chi connectivity index (χ0n) is 11.3. The Kier molecular flexibility index (Phi) is 6.56. The molecule has 4 atom stereocenters. The smallest absolute Gasteiger partial charge is 0.211 e. The first-order chi connectivity index (χ1) is 8.78. The zero-order chi connectivity index (χ0) is 13.4. The molecule has 4 unspecified atom stereocenters. The van der Waals surface area contributed by atoms with Crippen LogP contribution in [0.5, 0.6) is 0 Å². The van der Waals surface area contributed by atoms with Crippen LogP contribution >= 0.6 is 0 Å². The molecule has 4 nitrogen and oxygen atoms in total. The lowest BCUT2D eigenvalue weighted by Crippen LogP contribution is -2.35. The van der Waals surface area contributed by atoms with Gasteiger partial charge in [0.2, 0.25) is 12.2 Å². The van der Waals surface area contributed by atoms with E-state index in [1.54, 1.807) is 12.2 Å². The molecule has 1 fully saturated rings. The lowest BCUT2D eigenvalue weighted by atomic mass is 9.71. The fourth-order valence-corrected chi connectivity index (χ4v) is 3.26. The second kappa shape index (κ2) is 7.97. The second-order valence-corrected chi connectivity index (χ2v) is 5.00. The molecule has 18 heavy (non-hydrogen) atoms. The monoisotopic (exact) mass is 250 g/mol. The van der Waals surface area contributed by atoms with E-state index < -0.39 is 0 Å². The molecule has 0 N–H and O–H groups in total. The third kappa shape index (κ3) is 3.63. The molecule has 0 aliphatic heterocycles. The highest BCUT2D eigenvalue weighted by Gasteiger charge is 2.35. The number of hydrogen-bond donors (Lipinski definition) is 0. The first kappa shape index (κ1) is 14.8. The van der Waals surface area contributed by atoms with Gasteiger partial charge in [0.15, 0.2) is 0 Å². The molecule has 0 spiro atoms. The van der Waals surface area contributed by atoms with Crippen molar-refractivity contribution in [2.45, 2.75) is 64.5 Å². The minimum atomic E-state index is 0.0312. The molecule has 0 aromatic heterocycles. The van der Waals surface area contributed by atoms with Crippen LogP contribution in [0.1, 0.15) is 52.4 Å². The Labute approximate surface area is 109 Å². The van der Waals surface area contributed by atoms with Crippen molar-refractivity contribution in [1.82, 2.24) is 0 Å². The largest absolute Gasteiger partial charge is 0.235 e. The molecule has 0 aromatic carbocycles. The Morgan fingerprint density at radius 2 is 1.33 bits per heavy atom. The number of hydrogen-bond acceptors (Lipinski definition) is 4. The summed E-state index contributed by atoms with van der Waals surface area (Å²) in [4.78, 5) is 28.9. The van der Waals surface area contributed by atoms with Crippen LogP contribution in [-0.2, 0) is 9.59 Å². The average molecular weight is 250 g/mol. The molecule has 0 aromatic rings. The summed E-state index contributed by atoms with van der Waals surface area (Å²) in [5.41, 5.74) is 0. The fourth-order valence-electron chi connectivity index (χ4n) is 3.26. The average Bonchev–Trinajstić information content (AvgIpc) is 2.42. The minimum absolute atomic E-state index is 0.0312. The van der Waals surface area contributed by atoms with E-state index in [1.807, 2.05) is 13.8 Å². The zero-order valence-corrected chi connectivity index (χ0v) is 11.3. The molecule has 1 saturated carbocycles. The van der Waals surface area contributed by atoms with Gasteiger partial charge in [-0.1, -0.05) is 26.7 Å². The van der Waals surface area contributed by atoms with E-state index >= 15 is 0 Å². The van der Waals surface area contributed by atoms with Gasteiger partial charge in [-0.05, 0) is 37.5 Å². The van der Waals surface area contributed by atoms with E-state index in [9.17, 15) is 9.59 Å². The Bertz CT molecular complexity index is 310. The molecule has 100 valence electrons. The van der Waals surface area contributed by atoms with E-state index in [4.69, 9.17) is 0 Å². The van der Waals surface area contributed by atoms with Crippen LogP contribution in [0.15, 0.2) is 9.98 Å². The van der Waals surface area contributed by atoms with Crippen molar-refractivity contribution in [3.05, 3.63) is 0 Å². The van der Waals surface area contributed by atoms with Crippen LogP contribution in [0.25, 0.3) is 0 Å². The summed E-state index contributed by atoms with van der Waals surface area (Å²) >= 11 is 0. The fraction of sp³-hybridized carbons (Fsp3) is 0.857. The molecule has 0 heterocycles. The maximum absolute atomic E-state index is 10.5. The van der Waals surface area contributed by atoms with Gasteiger partial charge in [0, 0.05) is 0 Å². The summed E-state index contributed by atoms with van der Waals surface area (Å²) in [5.74, 6) is 0.708. The highest BCUT2D eigenvalue weighted by atomic mass is 16.1. The minimum Gasteiger partial charge on any atom is -0.211 e. The van der Waals surface area contributed by atoms with Gasteiger partial charge in [-0.15, -0.1) is 0 Å². The molecular formula is C14H22N2O2. The topological polar surface area (TPSA) is 58.9 Å². The van der Waals surface area contributed by atoms with Gasteiger partial charge in [-0.3, -0.25) is 0 Å². The molecular weight excluding hydrogens is 228 g/mol. The Balaban J connectivity index is 2.89. The van der Waals surface area contributed by atoms with E-state index in [1.165, 1.54) is 12.8 Å². The maximum atomic E-state index is 10.5. The van der Waals surface area contributed by atoms with Crippen LogP contribution in [0.3, 0.4) is 0 Å². The quantitative estimate of drug-likeness (QED) is 0.537. The second-order valence-electron chi connectivity index (χ2n) is 5.00. The van der Waals surface area contributed by atoms with Crippen molar-refractivity contribution in [1.29, 1.82) is 0 Å². The number of carbonyl (C=O) groups excluding carboxylic acids is 2. The van der Waals surface area contributed by atoms with Crippen molar-refractivity contribution >= 4 is 12.2 Å². The van der Waals surface area contributed by atoms with Crippen LogP contribution in [0.4, 0.5) is 0 Å². The molecule has 1 rings (SSSR count). The predicted octanol–water partition coefficient (Wildman–Crippen LogP) is 3.02. The Hall–Kier alpha value is -1.24. The Morgan fingerprint density at radius 1 is 0.944 bits per heavy atom. The third-order valence-electron chi connectivity index (χ3n) is 4.14. The number of isocyanates is 2. The van der Waals surface area contributed by atoms with Crippen LogP contribution in [0, 0.1) is 11.8 Å². The first-order valence-electron chi connectivity index (χ1n) is 6.92. The lowest BCUT2D eigenvalue weighted by Gasteiger charge is -2.37. The lowest BCUT2D eigenvalue weighted by molar-refractivity contribution is 0.168. The van der Waals surface area contributed by atoms with Gasteiger partial charge < -0.3 is 0 Å². The first-order valence-corrected chi connectivity index (χ1v) is 6.92. The van der Waals surface area contributed by atoms with Crippen molar-refractivity contribution in [3.63, 3.8) is 0 Å². The van der Waals surface area contributed by atoms with E-state index in [2.05, 4.69) is 9.98 Å². The molecule has 4 heteroatoms. The summed E-state index contributed by atoms with van der Waals surface area (Å²) < 4.78 is 0. The molecule has 0 radical (unpaired) electrons. The molecule has 1 aliphatic carbocycles. The van der Waals surface area contributed by atoms with Crippen molar-refractivity contribution in [3.8, 4) is 0 Å². The predicted molar refractivity (Wildman–Crippen MR) is 69.8 cm³/mol. The normalized spacial score (nSPS) is 26.6. The SMILES string of the molecule is CCC(N=C=O)C1CCCCC1C(CC)N=C=O. The van der Waals surface area contributed by atoms with Gasteiger partial charge in [0.1, 0.15) is 0 Å². The van der Waals surface area contributed by atoms with Crippen LogP contribution in [0.2, 0.25) is 0 Å². The van der Waals surface area contributed by atoms with Crippen molar-refractivity contribution in [2.75, 3.05) is 0 Å². The summed E-state index contributed by atoms with van der Waals surface area (Å²) in [7, 11) is 0. The van der Waals surface area contributed by atoms with Gasteiger partial charge in [0.05, 0.1) is 12.1 Å². The van der Waals surface area contributed by atoms with Crippen LogP contribution < -0.4 is 0 Å². The molecule has 0 amide bonds. The highest BCUT2D eigenvalue weighted by molar-refractivity contribution is 5.34. The molecule has 0 bridgehead atoms. The number of rotatable bonds is 6. The maximum Gasteiger partial charge on any atom is 0.235 e. The number of aliphatic imine (C=N–C) groups is 2. The summed E-state index contributed by atoms with van der Waals surface area (Å²) in [5, 5.41) is 0. The summed E-state index contributed by atoms with van der Waals surface area (Å²) in [6.45, 7) is 4.09. The summed E-state index contributed by atoms with van der Waals surface area (Å²) in [6, 6.07) is 0.0624. The van der Waals surface area contributed by atoms with Gasteiger partial charge in [-0.25, -0.2) is 19.6 Å². The van der Waals surface area contributed by atoms with Gasteiger partial charge in [0.25, 0.3) is 0 Å². The van der Waals surface area contributed by atoms with Gasteiger partial charge >= 0.3 is 0 Å². The third-order valence-corrected chi connectivity index (χ3v) is 4.14. The van der Waals surface area contributed by atoms with Crippen molar-refractivity contribution < 1.29 is 9.59 Å².